The van der Waals surface area contributed by atoms with E-state index < -0.39 is 0 Å². The maximum absolute atomic E-state index is 14.7. The molecule has 0 saturated heterocycles. The summed E-state index contributed by atoms with van der Waals surface area (Å²) >= 11 is 0. The topological polar surface area (TPSA) is 0 Å². The molecule has 0 radical (unpaired) electrons. The maximum Gasteiger partial charge on any atom is 0.131 e. The summed E-state index contributed by atoms with van der Waals surface area (Å²) in [6.07, 6.45) is 9.23. The van der Waals surface area contributed by atoms with Gasteiger partial charge in [-0.25, -0.2) is 4.39 Å². The highest BCUT2D eigenvalue weighted by atomic mass is 19.1. The van der Waals surface area contributed by atoms with E-state index in [4.69, 9.17) is 0 Å². The first-order chi connectivity index (χ1) is 14.2. The molecule has 0 unspecified atom stereocenters. The predicted molar refractivity (Wildman–Crippen MR) is 123 cm³/mol. The van der Waals surface area contributed by atoms with Gasteiger partial charge in [-0.1, -0.05) is 98.8 Å². The molecule has 0 atom stereocenters. The van der Waals surface area contributed by atoms with Crippen molar-refractivity contribution in [2.45, 2.75) is 65.2 Å². The van der Waals surface area contributed by atoms with Gasteiger partial charge in [0.1, 0.15) is 5.82 Å². The summed E-state index contributed by atoms with van der Waals surface area (Å²) in [5.74, 6) is -0.108. The molecule has 0 aromatic heterocycles. The third kappa shape index (κ3) is 6.56. The van der Waals surface area contributed by atoms with Crippen LogP contribution < -0.4 is 0 Å². The van der Waals surface area contributed by atoms with Crippen molar-refractivity contribution < 1.29 is 4.39 Å². The Balaban J connectivity index is 1.56. The molecule has 0 fully saturated rings. The van der Waals surface area contributed by atoms with Crippen molar-refractivity contribution in [1.29, 1.82) is 0 Å². The molecule has 3 aromatic rings. The standard InChI is InChI=1S/C28H33F/c1-3-4-5-6-7-8-25-17-20-27(28(29)21-25)26-18-15-24(16-19-26)14-13-23-11-9-22(2)10-12-23/h9-12,15-21H,3-8,13-14H2,1-2H3. The number of hydrogen-bond donors (Lipinski definition) is 0. The lowest BCUT2D eigenvalue weighted by Gasteiger charge is -2.08. The maximum atomic E-state index is 14.7. The third-order valence-electron chi connectivity index (χ3n) is 5.69. The monoisotopic (exact) mass is 388 g/mol. The fraction of sp³-hybridized carbons (Fsp3) is 0.357. The van der Waals surface area contributed by atoms with E-state index in [2.05, 4.69) is 56.3 Å². The lowest BCUT2D eigenvalue weighted by atomic mass is 9.98. The van der Waals surface area contributed by atoms with Gasteiger partial charge in [-0.05, 0) is 60.9 Å². The number of halogens is 1. The molecule has 0 heterocycles. The fourth-order valence-electron chi connectivity index (χ4n) is 3.78. The van der Waals surface area contributed by atoms with Crippen molar-refractivity contribution in [2.75, 3.05) is 0 Å². The first kappa shape index (κ1) is 21.3. The van der Waals surface area contributed by atoms with E-state index in [0.29, 0.717) is 5.56 Å². The normalized spacial score (nSPS) is 11.0. The molecule has 3 rings (SSSR count). The molecule has 0 N–H and O–H groups in total. The molecule has 0 bridgehead atoms. The minimum absolute atomic E-state index is 0.108. The second-order valence-electron chi connectivity index (χ2n) is 8.16. The summed E-state index contributed by atoms with van der Waals surface area (Å²) in [7, 11) is 0. The summed E-state index contributed by atoms with van der Waals surface area (Å²) in [5.41, 5.74) is 6.70. The second-order valence-corrected chi connectivity index (χ2v) is 8.16. The first-order valence-electron chi connectivity index (χ1n) is 11.1. The quantitative estimate of drug-likeness (QED) is 0.308. The minimum atomic E-state index is -0.108. The Morgan fingerprint density at radius 1 is 0.621 bits per heavy atom. The number of rotatable bonds is 10. The zero-order chi connectivity index (χ0) is 20.5. The van der Waals surface area contributed by atoms with Crippen LogP contribution >= 0.6 is 0 Å². The Hall–Kier alpha value is -2.41. The Bertz CT molecular complexity index is 875. The number of aryl methyl sites for hydroxylation is 4. The van der Waals surface area contributed by atoms with Crippen LogP contribution in [-0.4, -0.2) is 0 Å². The van der Waals surface area contributed by atoms with Gasteiger partial charge in [0.25, 0.3) is 0 Å². The molecule has 152 valence electrons. The molecule has 0 saturated carbocycles. The van der Waals surface area contributed by atoms with Crippen LogP contribution in [0.25, 0.3) is 11.1 Å². The van der Waals surface area contributed by atoms with E-state index >= 15 is 0 Å². The van der Waals surface area contributed by atoms with Crippen molar-refractivity contribution in [3.63, 3.8) is 0 Å². The largest absolute Gasteiger partial charge is 0.206 e. The van der Waals surface area contributed by atoms with Crippen molar-refractivity contribution in [3.8, 4) is 11.1 Å². The van der Waals surface area contributed by atoms with Crippen LogP contribution in [0.5, 0.6) is 0 Å². The van der Waals surface area contributed by atoms with Crippen molar-refractivity contribution in [3.05, 3.63) is 94.8 Å². The average Bonchev–Trinajstić information content (AvgIpc) is 2.74. The first-order valence-corrected chi connectivity index (χ1v) is 11.1. The van der Waals surface area contributed by atoms with Gasteiger partial charge < -0.3 is 0 Å². The van der Waals surface area contributed by atoms with Crippen LogP contribution in [0.15, 0.2) is 66.7 Å². The van der Waals surface area contributed by atoms with Gasteiger partial charge in [-0.3, -0.25) is 0 Å². The van der Waals surface area contributed by atoms with Crippen LogP contribution in [0.3, 0.4) is 0 Å². The van der Waals surface area contributed by atoms with Crippen LogP contribution in [-0.2, 0) is 19.3 Å². The van der Waals surface area contributed by atoms with Crippen molar-refractivity contribution in [1.82, 2.24) is 0 Å². The SMILES string of the molecule is CCCCCCCc1ccc(-c2ccc(CCc3ccc(C)cc3)cc2)c(F)c1. The van der Waals surface area contributed by atoms with Gasteiger partial charge in [0.2, 0.25) is 0 Å². The molecule has 0 aliphatic rings. The molecule has 1 heteroatoms. The Morgan fingerprint density at radius 3 is 1.83 bits per heavy atom. The Kier molecular flexibility index (Phi) is 8.04. The van der Waals surface area contributed by atoms with E-state index in [9.17, 15) is 4.39 Å². The molecular formula is C28H33F. The molecule has 0 spiro atoms. The van der Waals surface area contributed by atoms with E-state index in [1.54, 1.807) is 6.07 Å². The van der Waals surface area contributed by atoms with Crippen LogP contribution in [0.1, 0.15) is 61.3 Å². The molecular weight excluding hydrogens is 355 g/mol. The summed E-state index contributed by atoms with van der Waals surface area (Å²) in [6.45, 7) is 4.34. The van der Waals surface area contributed by atoms with E-state index in [-0.39, 0.29) is 5.82 Å². The van der Waals surface area contributed by atoms with Crippen LogP contribution in [0, 0.1) is 12.7 Å². The lowest BCUT2D eigenvalue weighted by molar-refractivity contribution is 0.618. The summed E-state index contributed by atoms with van der Waals surface area (Å²) in [4.78, 5) is 0. The smallest absolute Gasteiger partial charge is 0.131 e. The summed E-state index contributed by atoms with van der Waals surface area (Å²) in [5, 5.41) is 0. The van der Waals surface area contributed by atoms with Crippen molar-refractivity contribution in [2.24, 2.45) is 0 Å². The summed E-state index contributed by atoms with van der Waals surface area (Å²) < 4.78 is 14.7. The highest BCUT2D eigenvalue weighted by molar-refractivity contribution is 5.64. The molecule has 0 aliphatic heterocycles. The number of hydrogen-bond acceptors (Lipinski definition) is 0. The van der Waals surface area contributed by atoms with Crippen LogP contribution in [0.4, 0.5) is 4.39 Å². The van der Waals surface area contributed by atoms with Gasteiger partial charge in [0, 0.05) is 5.56 Å². The Morgan fingerprint density at radius 2 is 1.21 bits per heavy atom. The fourth-order valence-corrected chi connectivity index (χ4v) is 3.78. The van der Waals surface area contributed by atoms with Gasteiger partial charge in [-0.15, -0.1) is 0 Å². The second kappa shape index (κ2) is 11.0. The average molecular weight is 389 g/mol. The van der Waals surface area contributed by atoms with Crippen molar-refractivity contribution >= 4 is 0 Å². The zero-order valence-electron chi connectivity index (χ0n) is 17.9. The minimum Gasteiger partial charge on any atom is -0.206 e. The molecule has 3 aromatic carbocycles. The molecule has 0 amide bonds. The predicted octanol–water partition coefficient (Wildman–Crippen LogP) is 8.10. The highest BCUT2D eigenvalue weighted by Crippen LogP contribution is 2.25. The van der Waals surface area contributed by atoms with Gasteiger partial charge in [0.15, 0.2) is 0 Å². The molecule has 0 nitrogen and oxygen atoms in total. The zero-order valence-corrected chi connectivity index (χ0v) is 17.9. The van der Waals surface area contributed by atoms with E-state index in [1.807, 2.05) is 18.2 Å². The highest BCUT2D eigenvalue weighted by Gasteiger charge is 2.07. The number of benzene rings is 3. The number of unbranched alkanes of at least 4 members (excludes halogenated alkanes) is 4. The van der Waals surface area contributed by atoms with Gasteiger partial charge >= 0.3 is 0 Å². The van der Waals surface area contributed by atoms with Gasteiger partial charge in [0.05, 0.1) is 0 Å². The summed E-state index contributed by atoms with van der Waals surface area (Å²) in [6, 6.07) is 22.8. The van der Waals surface area contributed by atoms with E-state index in [1.165, 1.54) is 42.4 Å². The Labute approximate surface area is 175 Å². The molecule has 29 heavy (non-hydrogen) atoms. The molecule has 0 aliphatic carbocycles. The third-order valence-corrected chi connectivity index (χ3v) is 5.69. The van der Waals surface area contributed by atoms with E-state index in [0.717, 1.165) is 36.8 Å². The lowest BCUT2D eigenvalue weighted by Crippen LogP contribution is -1.93. The van der Waals surface area contributed by atoms with Gasteiger partial charge in [-0.2, -0.15) is 0 Å². The van der Waals surface area contributed by atoms with Crippen LogP contribution in [0.2, 0.25) is 0 Å².